The largest absolute Gasteiger partial charge is 0.462 e. The SMILES string of the molecule is CCOC(=O)c1cn(C2CC2)c2c(C=O)c(C3C[C@@H](C)C[C@H]3CC)c(F)cc2c1=O. The zero-order valence-corrected chi connectivity index (χ0v) is 17.7. The summed E-state index contributed by atoms with van der Waals surface area (Å²) >= 11 is 0. The van der Waals surface area contributed by atoms with E-state index in [9.17, 15) is 14.4 Å². The van der Waals surface area contributed by atoms with E-state index in [2.05, 4.69) is 13.8 Å². The Labute approximate surface area is 175 Å². The van der Waals surface area contributed by atoms with Crippen molar-refractivity contribution in [2.24, 2.45) is 11.8 Å². The van der Waals surface area contributed by atoms with Gasteiger partial charge in [0.05, 0.1) is 17.5 Å². The summed E-state index contributed by atoms with van der Waals surface area (Å²) in [5.74, 6) is -0.506. The van der Waals surface area contributed by atoms with Crippen molar-refractivity contribution in [3.05, 3.63) is 45.0 Å². The third-order valence-corrected chi connectivity index (χ3v) is 6.72. The molecule has 0 aliphatic heterocycles. The standard InChI is InChI=1S/C24H28FNO4/c1-4-14-8-13(3)9-16(14)21-19(12-27)22-17(10-20(21)25)23(28)18(24(29)30-5-2)11-26(22)15-6-7-15/h10-16H,4-9H2,1-3H3/t13-,14+,16?/m0/s1. The average molecular weight is 413 g/mol. The van der Waals surface area contributed by atoms with Crippen LogP contribution in [0, 0.1) is 17.7 Å². The van der Waals surface area contributed by atoms with Crippen LogP contribution in [0.25, 0.3) is 10.9 Å². The Hall–Kier alpha value is -2.50. The second-order valence-corrected chi connectivity index (χ2v) is 8.78. The third kappa shape index (κ3) is 3.36. The minimum absolute atomic E-state index is 0.0397. The fraction of sp³-hybridized carbons (Fsp3) is 0.542. The van der Waals surface area contributed by atoms with Crippen LogP contribution in [-0.2, 0) is 4.74 Å². The molecule has 1 aromatic carbocycles. The number of carbonyl (C=O) groups is 2. The molecular formula is C24H28FNO4. The maximum Gasteiger partial charge on any atom is 0.343 e. The fourth-order valence-electron chi connectivity index (χ4n) is 5.23. The second-order valence-electron chi connectivity index (χ2n) is 8.78. The monoisotopic (exact) mass is 413 g/mol. The summed E-state index contributed by atoms with van der Waals surface area (Å²) in [6.45, 7) is 6.07. The Morgan fingerprint density at radius 1 is 1.30 bits per heavy atom. The summed E-state index contributed by atoms with van der Waals surface area (Å²) in [5, 5.41) is 0.0786. The van der Waals surface area contributed by atoms with Crippen LogP contribution in [0.5, 0.6) is 0 Å². The highest BCUT2D eigenvalue weighted by Crippen LogP contribution is 2.47. The Morgan fingerprint density at radius 2 is 2.03 bits per heavy atom. The molecule has 2 aromatic rings. The molecule has 0 amide bonds. The van der Waals surface area contributed by atoms with E-state index in [1.165, 1.54) is 12.3 Å². The van der Waals surface area contributed by atoms with E-state index >= 15 is 4.39 Å². The number of hydrogen-bond donors (Lipinski definition) is 0. The van der Waals surface area contributed by atoms with Gasteiger partial charge in [0.1, 0.15) is 11.4 Å². The molecule has 4 rings (SSSR count). The molecule has 160 valence electrons. The van der Waals surface area contributed by atoms with Crippen molar-refractivity contribution in [1.82, 2.24) is 4.57 Å². The number of carbonyl (C=O) groups excluding carboxylic acids is 2. The second kappa shape index (κ2) is 7.97. The lowest BCUT2D eigenvalue weighted by Crippen LogP contribution is -2.23. The highest BCUT2D eigenvalue weighted by atomic mass is 19.1. The number of aromatic nitrogens is 1. The van der Waals surface area contributed by atoms with Crippen LogP contribution < -0.4 is 5.43 Å². The van der Waals surface area contributed by atoms with Gasteiger partial charge < -0.3 is 9.30 Å². The number of esters is 1. The Morgan fingerprint density at radius 3 is 2.63 bits per heavy atom. The lowest BCUT2D eigenvalue weighted by molar-refractivity contribution is 0.0524. The molecule has 3 atom stereocenters. The Kier molecular flexibility index (Phi) is 5.51. The number of halogens is 1. The van der Waals surface area contributed by atoms with E-state index in [-0.39, 0.29) is 35.1 Å². The minimum Gasteiger partial charge on any atom is -0.462 e. The van der Waals surface area contributed by atoms with Gasteiger partial charge in [0.2, 0.25) is 5.43 Å². The van der Waals surface area contributed by atoms with Crippen LogP contribution in [0.15, 0.2) is 17.1 Å². The first-order valence-corrected chi connectivity index (χ1v) is 10.9. The van der Waals surface area contributed by atoms with Crippen LogP contribution in [0.1, 0.15) is 91.1 Å². The lowest BCUT2D eigenvalue weighted by atomic mass is 9.83. The minimum atomic E-state index is -0.716. The molecule has 2 aliphatic rings. The van der Waals surface area contributed by atoms with Crippen LogP contribution in [0.3, 0.4) is 0 Å². The van der Waals surface area contributed by atoms with Crippen molar-refractivity contribution in [3.63, 3.8) is 0 Å². The van der Waals surface area contributed by atoms with Gasteiger partial charge in [-0.3, -0.25) is 9.59 Å². The zero-order chi connectivity index (χ0) is 21.6. The fourth-order valence-corrected chi connectivity index (χ4v) is 5.23. The van der Waals surface area contributed by atoms with Crippen LogP contribution in [0.4, 0.5) is 4.39 Å². The molecule has 1 unspecified atom stereocenters. The van der Waals surface area contributed by atoms with Gasteiger partial charge in [0.15, 0.2) is 6.29 Å². The molecule has 30 heavy (non-hydrogen) atoms. The van der Waals surface area contributed by atoms with E-state index < -0.39 is 17.2 Å². The average Bonchev–Trinajstić information content (AvgIpc) is 3.49. The van der Waals surface area contributed by atoms with Crippen LogP contribution in [-0.4, -0.2) is 23.4 Å². The number of hydrogen-bond acceptors (Lipinski definition) is 4. The van der Waals surface area contributed by atoms with Crippen molar-refractivity contribution in [2.45, 2.75) is 64.8 Å². The van der Waals surface area contributed by atoms with Gasteiger partial charge in [0, 0.05) is 23.4 Å². The van der Waals surface area contributed by atoms with E-state index in [4.69, 9.17) is 4.74 Å². The van der Waals surface area contributed by atoms with Crippen LogP contribution >= 0.6 is 0 Å². The maximum atomic E-state index is 15.4. The van der Waals surface area contributed by atoms with Gasteiger partial charge in [-0.1, -0.05) is 20.3 Å². The van der Waals surface area contributed by atoms with Crippen molar-refractivity contribution in [1.29, 1.82) is 0 Å². The highest BCUT2D eigenvalue weighted by Gasteiger charge is 2.37. The van der Waals surface area contributed by atoms with Gasteiger partial charge in [-0.2, -0.15) is 0 Å². The number of ether oxygens (including phenoxy) is 1. The first kappa shape index (κ1) is 20.8. The number of rotatable bonds is 6. The number of pyridine rings is 1. The summed E-state index contributed by atoms with van der Waals surface area (Å²) in [5.41, 5.74) is 0.464. The number of fused-ring (bicyclic) bond motifs is 1. The molecule has 5 nitrogen and oxygen atoms in total. The third-order valence-electron chi connectivity index (χ3n) is 6.72. The quantitative estimate of drug-likeness (QED) is 0.494. The smallest absolute Gasteiger partial charge is 0.343 e. The van der Waals surface area contributed by atoms with E-state index in [1.54, 1.807) is 6.92 Å². The molecule has 1 aromatic heterocycles. The first-order valence-electron chi connectivity index (χ1n) is 10.9. The highest BCUT2D eigenvalue weighted by molar-refractivity contribution is 6.01. The maximum absolute atomic E-state index is 15.4. The number of benzene rings is 1. The lowest BCUT2D eigenvalue weighted by Gasteiger charge is -2.23. The van der Waals surface area contributed by atoms with E-state index in [1.807, 2.05) is 4.57 Å². The molecule has 0 radical (unpaired) electrons. The van der Waals surface area contributed by atoms with Gasteiger partial charge in [-0.25, -0.2) is 9.18 Å². The molecule has 6 heteroatoms. The number of aldehydes is 1. The van der Waals surface area contributed by atoms with E-state index in [0.717, 1.165) is 32.1 Å². The van der Waals surface area contributed by atoms with Crippen molar-refractivity contribution >= 4 is 23.2 Å². The van der Waals surface area contributed by atoms with Crippen LogP contribution in [0.2, 0.25) is 0 Å². The molecule has 2 fully saturated rings. The van der Waals surface area contributed by atoms with E-state index in [0.29, 0.717) is 29.2 Å². The summed E-state index contributed by atoms with van der Waals surface area (Å²) in [7, 11) is 0. The molecule has 0 bridgehead atoms. The molecular weight excluding hydrogens is 385 g/mol. The van der Waals surface area contributed by atoms with Crippen molar-refractivity contribution in [3.8, 4) is 0 Å². The predicted octanol–water partition coefficient (Wildman–Crippen LogP) is 5.00. The molecule has 0 N–H and O–H groups in total. The van der Waals surface area contributed by atoms with Gasteiger partial charge in [-0.05, 0) is 56.4 Å². The normalized spacial score (nSPS) is 23.7. The molecule has 0 saturated heterocycles. The first-order chi connectivity index (χ1) is 14.4. The zero-order valence-electron chi connectivity index (χ0n) is 17.7. The predicted molar refractivity (Wildman–Crippen MR) is 113 cm³/mol. The summed E-state index contributed by atoms with van der Waals surface area (Å²) in [6, 6.07) is 1.33. The topological polar surface area (TPSA) is 65.4 Å². The molecule has 1 heterocycles. The Balaban J connectivity index is 2.02. The van der Waals surface area contributed by atoms with Gasteiger partial charge in [-0.15, -0.1) is 0 Å². The number of nitrogens with zero attached hydrogens (tertiary/aromatic N) is 1. The molecule has 2 aliphatic carbocycles. The molecule has 2 saturated carbocycles. The van der Waals surface area contributed by atoms with Gasteiger partial charge >= 0.3 is 5.97 Å². The van der Waals surface area contributed by atoms with Crippen molar-refractivity contribution in [2.75, 3.05) is 6.61 Å². The Bertz CT molecular complexity index is 1070. The molecule has 0 spiro atoms. The summed E-state index contributed by atoms with van der Waals surface area (Å²) < 4.78 is 22.3. The summed E-state index contributed by atoms with van der Waals surface area (Å²) in [4.78, 5) is 37.7. The summed E-state index contributed by atoms with van der Waals surface area (Å²) in [6.07, 6.45) is 6.74. The van der Waals surface area contributed by atoms with Gasteiger partial charge in [0.25, 0.3) is 0 Å². The van der Waals surface area contributed by atoms with Crippen molar-refractivity contribution < 1.29 is 18.7 Å².